The molecule has 2 aliphatic carbocycles. The Hall–Kier alpha value is -2.34. The molecule has 0 aliphatic heterocycles. The number of hydrogen-bond acceptors (Lipinski definition) is 6. The SMILES string of the molecule is COc1cc(C(=O)O[C@H]2CC(C)=CC(=O)[C@@]3(C)CC[C@@](O)(C(C)C)[C@@H]23)ccc1O. The lowest BCUT2D eigenvalue weighted by Gasteiger charge is -2.42. The van der Waals surface area contributed by atoms with Crippen LogP contribution in [0.4, 0.5) is 0 Å². The molecular formula is C23H30O6. The lowest BCUT2D eigenvalue weighted by Crippen LogP contribution is -2.51. The number of allylic oxidation sites excluding steroid dienone is 1. The molecule has 29 heavy (non-hydrogen) atoms. The lowest BCUT2D eigenvalue weighted by molar-refractivity contribution is -0.140. The highest BCUT2D eigenvalue weighted by Gasteiger charge is 2.62. The van der Waals surface area contributed by atoms with E-state index in [0.29, 0.717) is 19.3 Å². The van der Waals surface area contributed by atoms with Gasteiger partial charge in [0.05, 0.1) is 18.3 Å². The fourth-order valence-electron chi connectivity index (χ4n) is 4.98. The molecule has 0 unspecified atom stereocenters. The number of phenolic OH excluding ortho intramolecular Hbond substituents is 1. The van der Waals surface area contributed by atoms with Crippen LogP contribution in [0.25, 0.3) is 0 Å². The summed E-state index contributed by atoms with van der Waals surface area (Å²) in [5.74, 6) is -1.07. The number of ether oxygens (including phenoxy) is 2. The fraction of sp³-hybridized carbons (Fsp3) is 0.565. The summed E-state index contributed by atoms with van der Waals surface area (Å²) in [5.41, 5.74) is -0.808. The summed E-state index contributed by atoms with van der Waals surface area (Å²) in [6.45, 7) is 7.59. The van der Waals surface area contributed by atoms with Gasteiger partial charge in [0.2, 0.25) is 0 Å². The van der Waals surface area contributed by atoms with Crippen LogP contribution in [0.1, 0.15) is 57.3 Å². The standard InChI is InChI=1S/C23H30O6/c1-13(2)23(27)9-8-22(4)19(25)11-14(3)10-18(20(22)23)29-21(26)15-6-7-16(24)17(12-15)28-5/h6-7,11-13,18,20,24,27H,8-10H2,1-5H3/t18-,20-,22+,23+/m0/s1. The van der Waals surface area contributed by atoms with Crippen LogP contribution in [0.3, 0.4) is 0 Å². The van der Waals surface area contributed by atoms with Crippen LogP contribution in [0.15, 0.2) is 29.8 Å². The molecule has 0 aromatic heterocycles. The summed E-state index contributed by atoms with van der Waals surface area (Å²) >= 11 is 0. The Morgan fingerprint density at radius 1 is 1.28 bits per heavy atom. The minimum Gasteiger partial charge on any atom is -0.504 e. The smallest absolute Gasteiger partial charge is 0.338 e. The Balaban J connectivity index is 1.98. The Morgan fingerprint density at radius 2 is 1.97 bits per heavy atom. The number of hydrogen-bond donors (Lipinski definition) is 2. The molecule has 0 amide bonds. The monoisotopic (exact) mass is 402 g/mol. The van der Waals surface area contributed by atoms with Crippen molar-refractivity contribution in [1.82, 2.24) is 0 Å². The van der Waals surface area contributed by atoms with E-state index in [1.165, 1.54) is 25.3 Å². The first-order valence-corrected chi connectivity index (χ1v) is 10.0. The molecule has 0 radical (unpaired) electrons. The van der Waals surface area contributed by atoms with E-state index in [4.69, 9.17) is 9.47 Å². The highest BCUT2D eigenvalue weighted by Crippen LogP contribution is 2.56. The number of esters is 1. The van der Waals surface area contributed by atoms with Crippen LogP contribution >= 0.6 is 0 Å². The number of phenols is 1. The second kappa shape index (κ2) is 7.48. The van der Waals surface area contributed by atoms with Crippen LogP contribution < -0.4 is 4.74 Å². The van der Waals surface area contributed by atoms with Crippen LogP contribution in [0, 0.1) is 17.3 Å². The molecule has 1 aromatic rings. The minimum atomic E-state index is -1.10. The number of aliphatic hydroxyl groups is 1. The van der Waals surface area contributed by atoms with Crippen molar-refractivity contribution in [1.29, 1.82) is 0 Å². The zero-order valence-electron chi connectivity index (χ0n) is 17.7. The summed E-state index contributed by atoms with van der Waals surface area (Å²) in [6.07, 6.45) is 2.44. The Kier molecular flexibility index (Phi) is 5.52. The fourth-order valence-corrected chi connectivity index (χ4v) is 4.98. The molecule has 0 spiro atoms. The lowest BCUT2D eigenvalue weighted by atomic mass is 9.67. The molecule has 6 nitrogen and oxygen atoms in total. The van der Waals surface area contributed by atoms with Gasteiger partial charge in [-0.2, -0.15) is 0 Å². The van der Waals surface area contributed by atoms with Crippen molar-refractivity contribution in [3.63, 3.8) is 0 Å². The first-order chi connectivity index (χ1) is 13.5. The number of aromatic hydroxyl groups is 1. The van der Waals surface area contributed by atoms with Gasteiger partial charge in [-0.25, -0.2) is 4.79 Å². The first-order valence-electron chi connectivity index (χ1n) is 10.0. The maximum atomic E-state index is 13.0. The molecule has 2 aliphatic rings. The van der Waals surface area contributed by atoms with E-state index in [1.807, 2.05) is 27.7 Å². The Bertz CT molecular complexity index is 857. The van der Waals surface area contributed by atoms with Crippen LogP contribution in [-0.2, 0) is 9.53 Å². The highest BCUT2D eigenvalue weighted by atomic mass is 16.5. The van der Waals surface area contributed by atoms with Gasteiger partial charge in [0, 0.05) is 17.8 Å². The number of rotatable bonds is 4. The van der Waals surface area contributed by atoms with E-state index in [0.717, 1.165) is 5.57 Å². The molecule has 0 bridgehead atoms. The van der Waals surface area contributed by atoms with Crippen molar-refractivity contribution in [2.24, 2.45) is 17.3 Å². The zero-order chi connectivity index (χ0) is 21.6. The van der Waals surface area contributed by atoms with Crippen LogP contribution in [-0.4, -0.2) is 40.8 Å². The van der Waals surface area contributed by atoms with Crippen LogP contribution in [0.5, 0.6) is 11.5 Å². The third-order valence-corrected chi connectivity index (χ3v) is 6.78. The molecule has 2 N–H and O–H groups in total. The molecule has 0 saturated heterocycles. The van der Waals surface area contributed by atoms with Crippen molar-refractivity contribution in [3.8, 4) is 11.5 Å². The van der Waals surface area contributed by atoms with E-state index < -0.39 is 29.0 Å². The number of carbonyl (C=O) groups is 2. The first kappa shape index (κ1) is 21.4. The predicted molar refractivity (Wildman–Crippen MR) is 108 cm³/mol. The highest BCUT2D eigenvalue weighted by molar-refractivity contribution is 5.96. The zero-order valence-corrected chi connectivity index (χ0v) is 17.7. The maximum Gasteiger partial charge on any atom is 0.338 e. The number of benzene rings is 1. The van der Waals surface area contributed by atoms with Gasteiger partial charge in [-0.15, -0.1) is 0 Å². The van der Waals surface area contributed by atoms with Crippen molar-refractivity contribution < 1.29 is 29.3 Å². The van der Waals surface area contributed by atoms with Crippen molar-refractivity contribution in [2.45, 2.75) is 58.7 Å². The van der Waals surface area contributed by atoms with Crippen LogP contribution in [0.2, 0.25) is 0 Å². The van der Waals surface area contributed by atoms with Crippen molar-refractivity contribution in [2.75, 3.05) is 7.11 Å². The quantitative estimate of drug-likeness (QED) is 0.747. The molecular weight excluding hydrogens is 372 g/mol. The van der Waals surface area contributed by atoms with Gasteiger partial charge in [-0.05, 0) is 50.0 Å². The summed E-state index contributed by atoms with van der Waals surface area (Å²) in [7, 11) is 1.40. The molecule has 1 saturated carbocycles. The average molecular weight is 402 g/mol. The van der Waals surface area contributed by atoms with Gasteiger partial charge < -0.3 is 19.7 Å². The third kappa shape index (κ3) is 3.54. The molecule has 1 aromatic carbocycles. The topological polar surface area (TPSA) is 93.1 Å². The second-order valence-corrected chi connectivity index (χ2v) is 8.93. The number of ketones is 1. The molecule has 6 heteroatoms. The maximum absolute atomic E-state index is 13.0. The average Bonchev–Trinajstić information content (AvgIpc) is 2.90. The van der Waals surface area contributed by atoms with Gasteiger partial charge in [-0.1, -0.05) is 26.3 Å². The molecule has 0 heterocycles. The molecule has 3 rings (SSSR count). The molecule has 4 atom stereocenters. The summed E-state index contributed by atoms with van der Waals surface area (Å²) < 4.78 is 11.0. The number of methoxy groups -OCH3 is 1. The van der Waals surface area contributed by atoms with Crippen molar-refractivity contribution in [3.05, 3.63) is 35.4 Å². The van der Waals surface area contributed by atoms with Crippen molar-refractivity contribution >= 4 is 11.8 Å². The van der Waals surface area contributed by atoms with E-state index in [2.05, 4.69) is 0 Å². The normalized spacial score (nSPS) is 31.8. The number of fused-ring (bicyclic) bond motifs is 1. The van der Waals surface area contributed by atoms with Gasteiger partial charge in [0.25, 0.3) is 0 Å². The molecule has 1 fully saturated rings. The van der Waals surface area contributed by atoms with Gasteiger partial charge in [0.15, 0.2) is 17.3 Å². The minimum absolute atomic E-state index is 0.0126. The second-order valence-electron chi connectivity index (χ2n) is 8.93. The van der Waals surface area contributed by atoms with E-state index in [-0.39, 0.29) is 28.8 Å². The van der Waals surface area contributed by atoms with Gasteiger partial charge in [-0.3, -0.25) is 4.79 Å². The largest absolute Gasteiger partial charge is 0.504 e. The summed E-state index contributed by atoms with van der Waals surface area (Å²) in [5, 5.41) is 21.3. The van der Waals surface area contributed by atoms with Gasteiger partial charge in [0.1, 0.15) is 6.10 Å². The predicted octanol–water partition coefficient (Wildman–Crippen LogP) is 3.65. The summed E-state index contributed by atoms with van der Waals surface area (Å²) in [6, 6.07) is 4.26. The third-order valence-electron chi connectivity index (χ3n) is 6.78. The number of carbonyl (C=O) groups excluding carboxylic acids is 2. The van der Waals surface area contributed by atoms with Gasteiger partial charge >= 0.3 is 5.97 Å². The summed E-state index contributed by atoms with van der Waals surface area (Å²) in [4.78, 5) is 25.9. The molecule has 158 valence electrons. The van der Waals surface area contributed by atoms with E-state index in [1.54, 1.807) is 6.08 Å². The van der Waals surface area contributed by atoms with E-state index >= 15 is 0 Å². The van der Waals surface area contributed by atoms with E-state index in [9.17, 15) is 19.8 Å². The Labute approximate surface area is 171 Å². The Morgan fingerprint density at radius 3 is 2.59 bits per heavy atom.